The van der Waals surface area contributed by atoms with Crippen LogP contribution in [0.2, 0.25) is 0 Å². The van der Waals surface area contributed by atoms with Crippen LogP contribution in [0.15, 0.2) is 42.7 Å². The Morgan fingerprint density at radius 2 is 2.05 bits per heavy atom. The number of likely N-dealkylation sites (N-methyl/N-ethyl adjacent to an activating group) is 1. The van der Waals surface area contributed by atoms with E-state index in [1.54, 1.807) is 0 Å². The Kier molecular flexibility index (Phi) is 4.68. The maximum Gasteiger partial charge on any atom is 0.0752 e. The van der Waals surface area contributed by atoms with E-state index in [0.717, 1.165) is 17.7 Å². The van der Waals surface area contributed by atoms with Gasteiger partial charge in [0.25, 0.3) is 0 Å². The minimum absolute atomic E-state index is 0.323. The summed E-state index contributed by atoms with van der Waals surface area (Å²) in [7, 11) is 2.03. The SMILES string of the molecule is CNC1CCCCC1OCc1cnn(-c2ccccc2)c1. The van der Waals surface area contributed by atoms with Crippen LogP contribution in [-0.2, 0) is 11.3 Å². The van der Waals surface area contributed by atoms with Crippen molar-refractivity contribution in [1.29, 1.82) is 0 Å². The molecule has 1 fully saturated rings. The van der Waals surface area contributed by atoms with Crippen LogP contribution < -0.4 is 5.32 Å². The van der Waals surface area contributed by atoms with E-state index in [9.17, 15) is 0 Å². The van der Waals surface area contributed by atoms with Gasteiger partial charge in [-0.25, -0.2) is 4.68 Å². The third kappa shape index (κ3) is 3.52. The van der Waals surface area contributed by atoms with Crippen LogP contribution in [0.3, 0.4) is 0 Å². The zero-order valence-corrected chi connectivity index (χ0v) is 12.5. The molecule has 112 valence electrons. The highest BCUT2D eigenvalue weighted by atomic mass is 16.5. The Bertz CT molecular complexity index is 552. The number of aromatic nitrogens is 2. The van der Waals surface area contributed by atoms with Crippen molar-refractivity contribution in [2.24, 2.45) is 0 Å². The first-order chi connectivity index (χ1) is 10.4. The molecule has 0 spiro atoms. The molecule has 0 saturated heterocycles. The van der Waals surface area contributed by atoms with Gasteiger partial charge in [-0.3, -0.25) is 0 Å². The molecule has 1 heterocycles. The minimum Gasteiger partial charge on any atom is -0.372 e. The molecule has 0 aliphatic heterocycles. The van der Waals surface area contributed by atoms with Gasteiger partial charge < -0.3 is 10.1 Å². The third-order valence-corrected chi connectivity index (χ3v) is 4.19. The Hall–Kier alpha value is -1.65. The van der Waals surface area contributed by atoms with E-state index in [0.29, 0.717) is 18.8 Å². The summed E-state index contributed by atoms with van der Waals surface area (Å²) in [6, 6.07) is 10.6. The lowest BCUT2D eigenvalue weighted by Crippen LogP contribution is -2.41. The lowest BCUT2D eigenvalue weighted by atomic mass is 9.92. The van der Waals surface area contributed by atoms with Crippen molar-refractivity contribution < 1.29 is 4.74 Å². The van der Waals surface area contributed by atoms with Crippen LogP contribution in [0.5, 0.6) is 0 Å². The lowest BCUT2D eigenvalue weighted by molar-refractivity contribution is -0.00362. The van der Waals surface area contributed by atoms with Crippen LogP contribution in [0.1, 0.15) is 31.2 Å². The summed E-state index contributed by atoms with van der Waals surface area (Å²) in [5.41, 5.74) is 2.20. The number of para-hydroxylation sites is 1. The summed E-state index contributed by atoms with van der Waals surface area (Å²) in [6.45, 7) is 0.635. The van der Waals surface area contributed by atoms with Crippen LogP contribution in [0.25, 0.3) is 5.69 Å². The molecule has 4 heteroatoms. The molecule has 1 aliphatic rings. The third-order valence-electron chi connectivity index (χ3n) is 4.19. The Balaban J connectivity index is 1.60. The molecule has 3 rings (SSSR count). The highest BCUT2D eigenvalue weighted by molar-refractivity contribution is 5.30. The van der Waals surface area contributed by atoms with Crippen molar-refractivity contribution in [2.75, 3.05) is 7.05 Å². The number of benzene rings is 1. The first kappa shape index (κ1) is 14.3. The summed E-state index contributed by atoms with van der Waals surface area (Å²) in [5, 5.41) is 7.79. The first-order valence-electron chi connectivity index (χ1n) is 7.74. The molecule has 0 amide bonds. The molecular formula is C17H23N3O. The summed E-state index contributed by atoms with van der Waals surface area (Å²) in [5.74, 6) is 0. The van der Waals surface area contributed by atoms with E-state index in [1.807, 2.05) is 42.3 Å². The quantitative estimate of drug-likeness (QED) is 0.918. The zero-order chi connectivity index (χ0) is 14.5. The van der Waals surface area contributed by atoms with Crippen molar-refractivity contribution in [3.63, 3.8) is 0 Å². The summed E-state index contributed by atoms with van der Waals surface area (Å²) >= 11 is 0. The van der Waals surface area contributed by atoms with Crippen LogP contribution in [0, 0.1) is 0 Å². The fourth-order valence-corrected chi connectivity index (χ4v) is 2.99. The van der Waals surface area contributed by atoms with E-state index in [4.69, 9.17) is 4.74 Å². The van der Waals surface area contributed by atoms with E-state index >= 15 is 0 Å². The average molecular weight is 285 g/mol. The number of nitrogens with one attached hydrogen (secondary N) is 1. The van der Waals surface area contributed by atoms with Crippen molar-refractivity contribution in [3.8, 4) is 5.69 Å². The van der Waals surface area contributed by atoms with Gasteiger partial charge in [-0.1, -0.05) is 31.0 Å². The fourth-order valence-electron chi connectivity index (χ4n) is 2.99. The monoisotopic (exact) mass is 285 g/mol. The minimum atomic E-state index is 0.323. The van der Waals surface area contributed by atoms with Gasteiger partial charge in [0.15, 0.2) is 0 Å². The number of hydrogen-bond donors (Lipinski definition) is 1. The standard InChI is InChI=1S/C17H23N3O/c1-18-16-9-5-6-10-17(16)21-13-14-11-19-20(12-14)15-7-3-2-4-8-15/h2-4,7-8,11-12,16-18H,5-6,9-10,13H2,1H3. The molecule has 2 atom stereocenters. The van der Waals surface area contributed by atoms with Crippen LogP contribution in [-0.4, -0.2) is 29.0 Å². The van der Waals surface area contributed by atoms with Gasteiger partial charge in [0.05, 0.1) is 24.6 Å². The van der Waals surface area contributed by atoms with Gasteiger partial charge >= 0.3 is 0 Å². The average Bonchev–Trinajstić information content (AvgIpc) is 3.03. The Labute approximate surface area is 126 Å². The van der Waals surface area contributed by atoms with E-state index < -0.39 is 0 Å². The van der Waals surface area contributed by atoms with Gasteiger partial charge in [0, 0.05) is 17.8 Å². The highest BCUT2D eigenvalue weighted by Crippen LogP contribution is 2.22. The number of hydrogen-bond acceptors (Lipinski definition) is 3. The van der Waals surface area contributed by atoms with Crippen molar-refractivity contribution in [2.45, 2.75) is 44.4 Å². The maximum atomic E-state index is 6.11. The second kappa shape index (κ2) is 6.87. The van der Waals surface area contributed by atoms with Gasteiger partial charge in [-0.05, 0) is 32.0 Å². The predicted molar refractivity (Wildman–Crippen MR) is 83.5 cm³/mol. The summed E-state index contributed by atoms with van der Waals surface area (Å²) < 4.78 is 8.00. The number of nitrogens with zero attached hydrogens (tertiary/aromatic N) is 2. The molecule has 1 aromatic heterocycles. The largest absolute Gasteiger partial charge is 0.372 e. The van der Waals surface area contributed by atoms with Gasteiger partial charge in [-0.2, -0.15) is 5.10 Å². The molecule has 0 bridgehead atoms. The fraction of sp³-hybridized carbons (Fsp3) is 0.471. The van der Waals surface area contributed by atoms with E-state index in [1.165, 1.54) is 19.3 Å². The number of ether oxygens (including phenoxy) is 1. The molecule has 2 aromatic rings. The second-order valence-electron chi connectivity index (χ2n) is 5.66. The van der Waals surface area contributed by atoms with Gasteiger partial charge in [-0.15, -0.1) is 0 Å². The van der Waals surface area contributed by atoms with Crippen LogP contribution in [0.4, 0.5) is 0 Å². The summed E-state index contributed by atoms with van der Waals surface area (Å²) in [4.78, 5) is 0. The molecule has 1 N–H and O–H groups in total. The predicted octanol–water partition coefficient (Wildman–Crippen LogP) is 2.92. The van der Waals surface area contributed by atoms with Gasteiger partial charge in [0.1, 0.15) is 0 Å². The topological polar surface area (TPSA) is 39.1 Å². The molecule has 0 radical (unpaired) electrons. The molecule has 21 heavy (non-hydrogen) atoms. The maximum absolute atomic E-state index is 6.11. The van der Waals surface area contributed by atoms with Crippen molar-refractivity contribution >= 4 is 0 Å². The van der Waals surface area contributed by atoms with Crippen molar-refractivity contribution in [3.05, 3.63) is 48.3 Å². The van der Waals surface area contributed by atoms with E-state index in [2.05, 4.69) is 22.5 Å². The molecule has 1 aliphatic carbocycles. The Morgan fingerprint density at radius 1 is 1.24 bits per heavy atom. The first-order valence-corrected chi connectivity index (χ1v) is 7.74. The smallest absolute Gasteiger partial charge is 0.0752 e. The number of rotatable bonds is 5. The molecular weight excluding hydrogens is 262 g/mol. The Morgan fingerprint density at radius 3 is 2.86 bits per heavy atom. The second-order valence-corrected chi connectivity index (χ2v) is 5.66. The zero-order valence-electron chi connectivity index (χ0n) is 12.5. The lowest BCUT2D eigenvalue weighted by Gasteiger charge is -2.31. The van der Waals surface area contributed by atoms with Gasteiger partial charge in [0.2, 0.25) is 0 Å². The molecule has 1 saturated carbocycles. The summed E-state index contributed by atoms with van der Waals surface area (Å²) in [6.07, 6.45) is 9.20. The normalized spacial score (nSPS) is 22.3. The van der Waals surface area contributed by atoms with Crippen LogP contribution >= 0.6 is 0 Å². The van der Waals surface area contributed by atoms with E-state index in [-0.39, 0.29) is 0 Å². The molecule has 4 nitrogen and oxygen atoms in total. The highest BCUT2D eigenvalue weighted by Gasteiger charge is 2.24. The van der Waals surface area contributed by atoms with Crippen molar-refractivity contribution in [1.82, 2.24) is 15.1 Å². The molecule has 2 unspecified atom stereocenters. The molecule has 1 aromatic carbocycles.